The van der Waals surface area contributed by atoms with Gasteiger partial charge in [-0.05, 0) is 13.8 Å². The minimum atomic E-state index is -0.152. The third-order valence-corrected chi connectivity index (χ3v) is 1.57. The van der Waals surface area contributed by atoms with Crippen molar-refractivity contribution in [3.63, 3.8) is 0 Å². The van der Waals surface area contributed by atoms with E-state index in [-0.39, 0.29) is 10.9 Å². The Balaban J connectivity index is 4.01. The van der Waals surface area contributed by atoms with Crippen molar-refractivity contribution in [2.24, 2.45) is 0 Å². The number of nitrogens with zero attached hydrogens (tertiary/aromatic N) is 1. The van der Waals surface area contributed by atoms with Crippen LogP contribution in [0.25, 0.3) is 0 Å². The highest BCUT2D eigenvalue weighted by Crippen LogP contribution is 2.03. The molecule has 0 aliphatic carbocycles. The molecule has 1 amide bonds. The summed E-state index contributed by atoms with van der Waals surface area (Å²) in [5.41, 5.74) is 0. The average molecular weight is 204 g/mol. The van der Waals surface area contributed by atoms with Crippen LogP contribution in [-0.4, -0.2) is 22.3 Å². The molecule has 0 spiro atoms. The molecule has 2 nitrogen and oxygen atoms in total. The molecule has 0 unspecified atom stereocenters. The molecular formula is C7H10BrNO. The van der Waals surface area contributed by atoms with Crippen LogP contribution in [0.1, 0.15) is 13.8 Å². The molecule has 0 saturated carbocycles. The van der Waals surface area contributed by atoms with Gasteiger partial charge in [-0.2, -0.15) is 0 Å². The van der Waals surface area contributed by atoms with Crippen molar-refractivity contribution in [1.82, 2.24) is 4.90 Å². The molecule has 0 aromatic carbocycles. The molecule has 0 heterocycles. The number of halogens is 1. The Morgan fingerprint density at radius 3 is 2.40 bits per heavy atom. The Morgan fingerprint density at radius 1 is 1.80 bits per heavy atom. The van der Waals surface area contributed by atoms with E-state index in [1.165, 1.54) is 0 Å². The van der Waals surface area contributed by atoms with Gasteiger partial charge in [0.25, 0.3) is 4.82 Å². The summed E-state index contributed by atoms with van der Waals surface area (Å²) in [6, 6.07) is 0.155. The minimum Gasteiger partial charge on any atom is -0.320 e. The highest BCUT2D eigenvalue weighted by atomic mass is 79.9. The first-order valence-electron chi connectivity index (χ1n) is 2.99. The summed E-state index contributed by atoms with van der Waals surface area (Å²) in [7, 11) is 0. The lowest BCUT2D eigenvalue weighted by Gasteiger charge is -2.20. The van der Waals surface area contributed by atoms with E-state index < -0.39 is 0 Å². The van der Waals surface area contributed by atoms with E-state index in [2.05, 4.69) is 21.9 Å². The van der Waals surface area contributed by atoms with Crippen LogP contribution < -0.4 is 0 Å². The summed E-state index contributed by atoms with van der Waals surface area (Å²) in [6.07, 6.45) is 5.04. The fraction of sp³-hybridized carbons (Fsp3) is 0.571. The maximum absolute atomic E-state index is 10.7. The molecule has 0 aromatic heterocycles. The third-order valence-electron chi connectivity index (χ3n) is 1.11. The fourth-order valence-corrected chi connectivity index (χ4v) is 1.08. The molecule has 0 atom stereocenters. The molecule has 0 saturated heterocycles. The smallest absolute Gasteiger partial charge is 0.290 e. The van der Waals surface area contributed by atoms with Crippen molar-refractivity contribution in [2.45, 2.75) is 19.9 Å². The van der Waals surface area contributed by atoms with Crippen LogP contribution in [0.5, 0.6) is 0 Å². The largest absolute Gasteiger partial charge is 0.320 e. The van der Waals surface area contributed by atoms with Crippen molar-refractivity contribution in [3.05, 3.63) is 0 Å². The van der Waals surface area contributed by atoms with Gasteiger partial charge in [-0.1, -0.05) is 5.92 Å². The zero-order chi connectivity index (χ0) is 8.15. The Hall–Kier alpha value is -0.490. The van der Waals surface area contributed by atoms with E-state index in [4.69, 9.17) is 6.42 Å². The molecular weight excluding hydrogens is 194 g/mol. The number of hydrogen-bond donors (Lipinski definition) is 0. The second kappa shape index (κ2) is 4.35. The van der Waals surface area contributed by atoms with Crippen LogP contribution in [0.15, 0.2) is 0 Å². The number of rotatable bonds is 2. The minimum absolute atomic E-state index is 0.152. The van der Waals surface area contributed by atoms with Gasteiger partial charge in [-0.15, -0.1) is 6.42 Å². The van der Waals surface area contributed by atoms with Crippen LogP contribution in [0.2, 0.25) is 0 Å². The number of terminal acetylenes is 1. The van der Waals surface area contributed by atoms with Crippen molar-refractivity contribution in [1.29, 1.82) is 0 Å². The van der Waals surface area contributed by atoms with Gasteiger partial charge in [-0.25, -0.2) is 0 Å². The predicted molar refractivity (Wildman–Crippen MR) is 45.0 cm³/mol. The molecule has 0 fully saturated rings. The standard InChI is InChI=1S/C7H10BrNO/c1-4-5-9(6(2)3)7(8)10/h1,6H,5H2,2-3H3. The van der Waals surface area contributed by atoms with Crippen LogP contribution in [0.4, 0.5) is 4.79 Å². The molecule has 0 aliphatic rings. The van der Waals surface area contributed by atoms with Crippen LogP contribution in [0.3, 0.4) is 0 Å². The van der Waals surface area contributed by atoms with E-state index >= 15 is 0 Å². The van der Waals surface area contributed by atoms with Gasteiger partial charge in [0.15, 0.2) is 0 Å². The van der Waals surface area contributed by atoms with Gasteiger partial charge in [0.1, 0.15) is 0 Å². The van der Waals surface area contributed by atoms with Gasteiger partial charge < -0.3 is 4.90 Å². The Kier molecular flexibility index (Phi) is 4.13. The number of carbonyl (C=O) groups excluding carboxylic acids is 1. The Bertz CT molecular complexity index is 159. The van der Waals surface area contributed by atoms with Crippen LogP contribution in [0, 0.1) is 12.3 Å². The first kappa shape index (κ1) is 9.51. The fourth-order valence-electron chi connectivity index (χ4n) is 0.546. The lowest BCUT2D eigenvalue weighted by molar-refractivity contribution is 0.218. The van der Waals surface area contributed by atoms with Gasteiger partial charge in [0, 0.05) is 22.0 Å². The molecule has 0 radical (unpaired) electrons. The van der Waals surface area contributed by atoms with Crippen LogP contribution >= 0.6 is 15.9 Å². The molecule has 0 bridgehead atoms. The lowest BCUT2D eigenvalue weighted by Crippen LogP contribution is -2.32. The Labute approximate surface area is 69.7 Å². The normalized spacial score (nSPS) is 9.10. The summed E-state index contributed by atoms with van der Waals surface area (Å²) in [6.45, 7) is 4.19. The molecule has 0 aromatic rings. The summed E-state index contributed by atoms with van der Waals surface area (Å²) in [4.78, 5) is 12.1. The molecule has 56 valence electrons. The SMILES string of the molecule is C#CCN(C(=O)Br)C(C)C. The zero-order valence-corrected chi connectivity index (χ0v) is 7.68. The molecule has 0 N–H and O–H groups in total. The Morgan fingerprint density at radius 2 is 2.30 bits per heavy atom. The summed E-state index contributed by atoms with van der Waals surface area (Å²) < 4.78 is 0. The van der Waals surface area contributed by atoms with Crippen molar-refractivity contribution in [2.75, 3.05) is 6.54 Å². The molecule has 0 rings (SSSR count). The second-order valence-electron chi connectivity index (χ2n) is 2.18. The van der Waals surface area contributed by atoms with Crippen molar-refractivity contribution < 1.29 is 4.79 Å². The number of amides is 1. The maximum Gasteiger partial charge on any atom is 0.290 e. The first-order valence-corrected chi connectivity index (χ1v) is 3.78. The summed E-state index contributed by atoms with van der Waals surface area (Å²) >= 11 is 2.83. The monoisotopic (exact) mass is 203 g/mol. The van der Waals surface area contributed by atoms with Gasteiger partial charge in [0.2, 0.25) is 0 Å². The van der Waals surface area contributed by atoms with Crippen LogP contribution in [-0.2, 0) is 0 Å². The highest BCUT2D eigenvalue weighted by molar-refractivity contribution is 9.18. The first-order chi connectivity index (χ1) is 4.59. The number of carbonyl (C=O) groups is 1. The van der Waals surface area contributed by atoms with E-state index in [1.54, 1.807) is 4.90 Å². The zero-order valence-electron chi connectivity index (χ0n) is 6.10. The molecule has 10 heavy (non-hydrogen) atoms. The van der Waals surface area contributed by atoms with E-state index in [1.807, 2.05) is 13.8 Å². The molecule has 3 heteroatoms. The second-order valence-corrected chi connectivity index (χ2v) is 2.86. The van der Waals surface area contributed by atoms with Gasteiger partial charge >= 0.3 is 0 Å². The third kappa shape index (κ3) is 2.88. The van der Waals surface area contributed by atoms with Crippen molar-refractivity contribution >= 4 is 20.7 Å². The van der Waals surface area contributed by atoms with E-state index in [9.17, 15) is 4.79 Å². The van der Waals surface area contributed by atoms with E-state index in [0.717, 1.165) is 0 Å². The number of hydrogen-bond acceptors (Lipinski definition) is 1. The topological polar surface area (TPSA) is 20.3 Å². The lowest BCUT2D eigenvalue weighted by atomic mass is 10.3. The van der Waals surface area contributed by atoms with Crippen molar-refractivity contribution in [3.8, 4) is 12.3 Å². The maximum atomic E-state index is 10.7. The predicted octanol–water partition coefficient (Wildman–Crippen LogP) is 1.84. The summed E-state index contributed by atoms with van der Waals surface area (Å²) in [5.74, 6) is 2.41. The highest BCUT2D eigenvalue weighted by Gasteiger charge is 2.11. The quantitative estimate of drug-likeness (QED) is 0.381. The molecule has 0 aliphatic heterocycles. The summed E-state index contributed by atoms with van der Waals surface area (Å²) in [5, 5.41) is 0. The average Bonchev–Trinajstić information content (AvgIpc) is 1.81. The van der Waals surface area contributed by atoms with Gasteiger partial charge in [-0.3, -0.25) is 4.79 Å². The van der Waals surface area contributed by atoms with E-state index in [0.29, 0.717) is 6.54 Å². The van der Waals surface area contributed by atoms with Gasteiger partial charge in [0.05, 0.1) is 6.54 Å².